The van der Waals surface area contributed by atoms with E-state index in [1.54, 1.807) is 31.5 Å². The number of halogens is 1. The van der Waals surface area contributed by atoms with Crippen LogP contribution in [0, 0.1) is 0 Å². The van der Waals surface area contributed by atoms with Gasteiger partial charge in [-0.15, -0.1) is 0 Å². The number of carbonyl (C=O) groups excluding carboxylic acids is 1. The van der Waals surface area contributed by atoms with Gasteiger partial charge < -0.3 is 14.0 Å². The molecule has 8 heteroatoms. The van der Waals surface area contributed by atoms with Crippen LogP contribution in [-0.2, 0) is 6.54 Å². The van der Waals surface area contributed by atoms with Crippen LogP contribution < -0.4 is 20.5 Å². The number of hydrogen-bond donors (Lipinski definition) is 1. The molecule has 1 heterocycles. The van der Waals surface area contributed by atoms with E-state index in [2.05, 4.69) is 26.5 Å². The minimum absolute atomic E-state index is 0.0393. The molecule has 0 saturated heterocycles. The molecular formula is C18H20BrN3O4. The summed E-state index contributed by atoms with van der Waals surface area (Å²) >= 11 is 3.41. The predicted molar refractivity (Wildman–Crippen MR) is 103 cm³/mol. The minimum Gasteiger partial charge on any atom is -0.492 e. The van der Waals surface area contributed by atoms with Crippen molar-refractivity contribution in [2.24, 2.45) is 5.10 Å². The van der Waals surface area contributed by atoms with Gasteiger partial charge in [0.05, 0.1) is 24.4 Å². The fourth-order valence-corrected chi connectivity index (χ4v) is 2.93. The van der Waals surface area contributed by atoms with Gasteiger partial charge in [0.15, 0.2) is 11.5 Å². The topological polar surface area (TPSA) is 81.9 Å². The fourth-order valence-electron chi connectivity index (χ4n) is 2.31. The number of ether oxygens (including phenoxy) is 2. The number of hydrazone groups is 1. The second-order valence-corrected chi connectivity index (χ2v) is 6.03. The molecular weight excluding hydrogens is 402 g/mol. The number of aryl methyl sites for hydroxylation is 1. The number of rotatable bonds is 7. The summed E-state index contributed by atoms with van der Waals surface area (Å²) in [7, 11) is 1.56. The third kappa shape index (κ3) is 4.51. The smallest absolute Gasteiger partial charge is 0.276 e. The van der Waals surface area contributed by atoms with E-state index in [9.17, 15) is 9.59 Å². The highest BCUT2D eigenvalue weighted by atomic mass is 79.9. The van der Waals surface area contributed by atoms with Crippen LogP contribution in [0.5, 0.6) is 11.5 Å². The SMILES string of the molecule is CCOc1cc(/C=N\NC(=O)c2cccn(CC)c2=O)cc(Br)c1OC. The summed E-state index contributed by atoms with van der Waals surface area (Å²) in [5.41, 5.74) is 2.75. The van der Waals surface area contributed by atoms with E-state index in [1.165, 1.54) is 16.8 Å². The molecule has 0 saturated carbocycles. The zero-order chi connectivity index (χ0) is 19.1. The van der Waals surface area contributed by atoms with Crippen molar-refractivity contribution in [2.45, 2.75) is 20.4 Å². The number of methoxy groups -OCH3 is 1. The standard InChI is InChI=1S/C18H20BrN3O4/c1-4-22-8-6-7-13(18(22)24)17(23)21-20-11-12-9-14(19)16(25-3)15(10-12)26-5-2/h6-11H,4-5H2,1-3H3,(H,21,23)/b20-11-. The molecule has 0 fully saturated rings. The molecule has 1 N–H and O–H groups in total. The Morgan fingerprint density at radius 1 is 1.38 bits per heavy atom. The second kappa shape index (κ2) is 9.19. The summed E-state index contributed by atoms with van der Waals surface area (Å²) in [6.45, 7) is 4.68. The molecule has 26 heavy (non-hydrogen) atoms. The first-order valence-corrected chi connectivity index (χ1v) is 8.84. The number of nitrogens with zero attached hydrogens (tertiary/aromatic N) is 2. The molecule has 7 nitrogen and oxygen atoms in total. The van der Waals surface area contributed by atoms with E-state index in [1.807, 2.05) is 13.8 Å². The quantitative estimate of drug-likeness (QED) is 0.550. The molecule has 0 radical (unpaired) electrons. The number of carbonyl (C=O) groups is 1. The first-order chi connectivity index (χ1) is 12.5. The maximum absolute atomic E-state index is 12.2. The average molecular weight is 422 g/mol. The van der Waals surface area contributed by atoms with Gasteiger partial charge in [-0.1, -0.05) is 0 Å². The van der Waals surface area contributed by atoms with Gasteiger partial charge in [-0.25, -0.2) is 5.43 Å². The maximum Gasteiger partial charge on any atom is 0.276 e. The molecule has 0 aliphatic heterocycles. The first-order valence-electron chi connectivity index (χ1n) is 8.05. The van der Waals surface area contributed by atoms with E-state index in [-0.39, 0.29) is 11.1 Å². The number of nitrogens with one attached hydrogen (secondary N) is 1. The van der Waals surface area contributed by atoms with E-state index in [0.717, 1.165) is 0 Å². The Bertz CT molecular complexity index is 877. The van der Waals surface area contributed by atoms with Gasteiger partial charge in [0.2, 0.25) is 0 Å². The third-order valence-corrected chi connectivity index (χ3v) is 4.11. The zero-order valence-electron chi connectivity index (χ0n) is 14.8. The van der Waals surface area contributed by atoms with Crippen LogP contribution in [0.25, 0.3) is 0 Å². The Morgan fingerprint density at radius 2 is 2.15 bits per heavy atom. The summed E-state index contributed by atoms with van der Waals surface area (Å²) in [4.78, 5) is 24.3. The Hall–Kier alpha value is -2.61. The minimum atomic E-state index is -0.563. The van der Waals surface area contributed by atoms with Crippen LogP contribution in [0.15, 0.2) is 44.8 Å². The van der Waals surface area contributed by atoms with Crippen molar-refractivity contribution >= 4 is 28.1 Å². The number of aromatic nitrogens is 1. The van der Waals surface area contributed by atoms with Crippen LogP contribution in [0.2, 0.25) is 0 Å². The van der Waals surface area contributed by atoms with E-state index < -0.39 is 5.91 Å². The molecule has 0 aliphatic rings. The molecule has 1 aromatic heterocycles. The maximum atomic E-state index is 12.2. The lowest BCUT2D eigenvalue weighted by molar-refractivity contribution is 0.0953. The van der Waals surface area contributed by atoms with Crippen LogP contribution in [-0.4, -0.2) is 30.4 Å². The van der Waals surface area contributed by atoms with Gasteiger partial charge in [0.25, 0.3) is 11.5 Å². The Kier molecular flexibility index (Phi) is 6.97. The molecule has 0 unspecified atom stereocenters. The Balaban J connectivity index is 2.18. The van der Waals surface area contributed by atoms with E-state index >= 15 is 0 Å². The summed E-state index contributed by atoms with van der Waals surface area (Å²) in [5.74, 6) is 0.579. The van der Waals surface area contributed by atoms with E-state index in [0.29, 0.717) is 34.7 Å². The number of amides is 1. The molecule has 1 amide bonds. The van der Waals surface area contributed by atoms with Crippen molar-refractivity contribution in [1.29, 1.82) is 0 Å². The second-order valence-electron chi connectivity index (χ2n) is 5.18. The molecule has 2 aromatic rings. The van der Waals surface area contributed by atoms with Crippen molar-refractivity contribution in [3.63, 3.8) is 0 Å². The highest BCUT2D eigenvalue weighted by molar-refractivity contribution is 9.10. The summed E-state index contributed by atoms with van der Waals surface area (Å²) in [6.07, 6.45) is 3.10. The van der Waals surface area contributed by atoms with Gasteiger partial charge in [0, 0.05) is 12.7 Å². The summed E-state index contributed by atoms with van der Waals surface area (Å²) in [5, 5.41) is 3.92. The summed E-state index contributed by atoms with van der Waals surface area (Å²) < 4.78 is 13.0. The number of hydrogen-bond acceptors (Lipinski definition) is 5. The van der Waals surface area contributed by atoms with Gasteiger partial charge >= 0.3 is 0 Å². The molecule has 1 aromatic carbocycles. The van der Waals surface area contributed by atoms with Crippen LogP contribution in [0.1, 0.15) is 29.8 Å². The normalized spacial score (nSPS) is 10.8. The van der Waals surface area contributed by atoms with Gasteiger partial charge in [-0.05, 0) is 59.6 Å². The van der Waals surface area contributed by atoms with Crippen molar-refractivity contribution in [2.75, 3.05) is 13.7 Å². The molecule has 0 atom stereocenters. The number of benzene rings is 1. The Labute approximate surface area is 159 Å². The van der Waals surface area contributed by atoms with Crippen LogP contribution in [0.4, 0.5) is 0 Å². The van der Waals surface area contributed by atoms with Crippen molar-refractivity contribution < 1.29 is 14.3 Å². The van der Waals surface area contributed by atoms with Crippen molar-refractivity contribution in [3.05, 3.63) is 56.4 Å². The van der Waals surface area contributed by atoms with Gasteiger partial charge in [-0.2, -0.15) is 5.10 Å². The predicted octanol–water partition coefficient (Wildman–Crippen LogP) is 2.80. The fraction of sp³-hybridized carbons (Fsp3) is 0.278. The molecule has 0 spiro atoms. The zero-order valence-corrected chi connectivity index (χ0v) is 16.4. The molecule has 2 rings (SSSR count). The van der Waals surface area contributed by atoms with Crippen molar-refractivity contribution in [1.82, 2.24) is 9.99 Å². The third-order valence-electron chi connectivity index (χ3n) is 3.52. The largest absolute Gasteiger partial charge is 0.492 e. The van der Waals surface area contributed by atoms with Gasteiger partial charge in [0.1, 0.15) is 5.56 Å². The monoisotopic (exact) mass is 421 g/mol. The highest BCUT2D eigenvalue weighted by Crippen LogP contribution is 2.36. The molecule has 138 valence electrons. The van der Waals surface area contributed by atoms with Crippen LogP contribution >= 0.6 is 15.9 Å². The van der Waals surface area contributed by atoms with Gasteiger partial charge in [-0.3, -0.25) is 9.59 Å². The van der Waals surface area contributed by atoms with E-state index in [4.69, 9.17) is 9.47 Å². The van der Waals surface area contributed by atoms with Crippen LogP contribution in [0.3, 0.4) is 0 Å². The lowest BCUT2D eigenvalue weighted by Gasteiger charge is -2.11. The first kappa shape index (κ1) is 19.7. The van der Waals surface area contributed by atoms with Crippen molar-refractivity contribution in [3.8, 4) is 11.5 Å². The highest BCUT2D eigenvalue weighted by Gasteiger charge is 2.12. The number of pyridine rings is 1. The lowest BCUT2D eigenvalue weighted by atomic mass is 10.2. The summed E-state index contributed by atoms with van der Waals surface area (Å²) in [6, 6.07) is 6.65. The molecule has 0 aliphatic carbocycles. The molecule has 0 bridgehead atoms. The lowest BCUT2D eigenvalue weighted by Crippen LogP contribution is -2.30. The average Bonchev–Trinajstić information content (AvgIpc) is 2.62. The Morgan fingerprint density at radius 3 is 2.81 bits per heavy atom.